The summed E-state index contributed by atoms with van der Waals surface area (Å²) in [5.74, 6) is 1.94. The smallest absolute Gasteiger partial charge is 0.410 e. The Balaban J connectivity index is 0.000000232. The molecule has 33 nitrogen and oxygen atoms in total. The zero-order valence-corrected chi connectivity index (χ0v) is 63.5. The quantitative estimate of drug-likeness (QED) is 0.0230. The van der Waals surface area contributed by atoms with Gasteiger partial charge in [-0.25, -0.2) is 18.0 Å². The Labute approximate surface area is 633 Å². The average Bonchev–Trinajstić information content (AvgIpc) is 0.790. The molecule has 0 saturated carbocycles. The molecule has 38 heteroatoms. The first-order valence-electron chi connectivity index (χ1n) is 32.7. The molecular formula is C69H84N12O21S5. The van der Waals surface area contributed by atoms with Crippen molar-refractivity contribution in [1.82, 2.24) is 20.4 Å². The van der Waals surface area contributed by atoms with Crippen LogP contribution in [0.15, 0.2) is 152 Å². The maximum atomic E-state index is 12.3. The molecule has 4 aliphatic rings. The number of amides is 3. The van der Waals surface area contributed by atoms with Gasteiger partial charge < -0.3 is 46.1 Å². The molecule has 10 rings (SSSR count). The van der Waals surface area contributed by atoms with E-state index in [9.17, 15) is 88.3 Å². The fourth-order valence-corrected chi connectivity index (χ4v) is 15.9. The van der Waals surface area contributed by atoms with Gasteiger partial charge >= 0.3 is 18.2 Å². The van der Waals surface area contributed by atoms with Crippen molar-refractivity contribution in [2.24, 2.45) is 0 Å². The molecule has 6 N–H and O–H groups in total. The van der Waals surface area contributed by atoms with E-state index in [-0.39, 0.29) is 81.3 Å². The number of carbonyl (C=O) groups is 4. The molecule has 5 unspecified atom stereocenters. The van der Waals surface area contributed by atoms with Crippen molar-refractivity contribution in [3.63, 3.8) is 0 Å². The van der Waals surface area contributed by atoms with Crippen LogP contribution in [0, 0.1) is 60.7 Å². The van der Waals surface area contributed by atoms with Gasteiger partial charge in [0.25, 0.3) is 22.7 Å². The van der Waals surface area contributed by atoms with Gasteiger partial charge in [0, 0.05) is 144 Å². The molecule has 4 aliphatic heterocycles. The van der Waals surface area contributed by atoms with E-state index in [4.69, 9.17) is 20.9 Å². The second kappa shape index (κ2) is 42.3. The molecule has 0 spiro atoms. The average molecular weight is 1580 g/mol. The van der Waals surface area contributed by atoms with Crippen LogP contribution in [-0.2, 0) is 33.6 Å². The number of non-ortho nitro benzene ring substituents is 4. The fourth-order valence-electron chi connectivity index (χ4n) is 9.74. The zero-order valence-electron chi connectivity index (χ0n) is 59.4. The third kappa shape index (κ3) is 31.4. The summed E-state index contributed by atoms with van der Waals surface area (Å²) in [7, 11) is -2.06. The standard InChI is InChI=1S/C15H22N2O4S.C15H22N2O2S.C11H12N2O6S.C10H10N2O3S.C10H12N2O2S.C8H6N2O4/c1-15(2,3)21-14(18)17-8-9-22(19,20)13(10-17)11-4-6-12(16)7-5-11;1-15(2,3)19-14(18)17-8-9-20-13(10-17)11-4-6-12(16)7-5-11;1-19-11(14)7-20-10(6-12(15)16)8-2-4-9(5-3-8)13(17)18;13-10-6-16-9(5-11-10)7-1-3-8(4-2-7)12(14)15;13-12(14)9-3-1-8(2-4-9)10-7-11-5-6-15-10;11-9(12)6-5-7-1-3-8(4-2-7)10(13)14/h4-7,13H,8-10,16H2,1-3H3;4-7,13H,8-10,16H2,1-3H3;2-5,10H,6-7H2,1H3;1-4,9H,5-6H2,(H,11,13);1-4,10-11H,5-7H2;1-6H/b;;;;;6-5+. The molecule has 4 fully saturated rings. The Hall–Kier alpha value is -10.2. The predicted molar refractivity (Wildman–Crippen MR) is 413 cm³/mol. The van der Waals surface area contributed by atoms with Crippen LogP contribution < -0.4 is 22.1 Å². The lowest BCUT2D eigenvalue weighted by molar-refractivity contribution is -0.479. The first-order valence-corrected chi connectivity index (χ1v) is 38.6. The Morgan fingerprint density at radius 2 is 1.02 bits per heavy atom. The molecular weight excluding hydrogens is 1490 g/mol. The monoisotopic (exact) mass is 1580 g/mol. The van der Waals surface area contributed by atoms with Crippen LogP contribution in [0.4, 0.5) is 43.7 Å². The summed E-state index contributed by atoms with van der Waals surface area (Å²) in [4.78, 5) is 109. The SMILES string of the molecule is CC(C)(C)OC(=O)N1CCS(=O)(=O)C(c2ccc(N)cc2)C1.CC(C)(C)OC(=O)N1CCSC(c2ccc(N)cc2)C1.COC(=O)CSC(C[N+](=O)[O-])c1ccc([N+](=O)[O-])cc1.O=C1CSC(c2ccc([N+](=O)[O-])cc2)CN1.O=[N+]([O-])/C=C/c1ccc([N+](=O)[O-])cc1.O=[N+]([O-])c1ccc(C2CNCCS2)cc1. The topological polar surface area (TPSA) is 472 Å². The first-order chi connectivity index (χ1) is 50.4. The number of nitrogens with zero attached hydrogens (tertiary/aromatic N) is 8. The van der Waals surface area contributed by atoms with Crippen molar-refractivity contribution in [1.29, 1.82) is 0 Å². The Bertz CT molecular complexity index is 4120. The van der Waals surface area contributed by atoms with Gasteiger partial charge in [-0.05, 0) is 111 Å². The third-order valence-electron chi connectivity index (χ3n) is 15.1. The largest absolute Gasteiger partial charge is 0.468 e. The van der Waals surface area contributed by atoms with Crippen LogP contribution in [0.2, 0.25) is 0 Å². The number of nitrogen functional groups attached to an aromatic ring is 2. The highest BCUT2D eigenvalue weighted by molar-refractivity contribution is 8.00. The molecule has 3 amide bonds. The number of carbonyl (C=O) groups excluding carboxylic acids is 4. The molecule has 0 aliphatic carbocycles. The van der Waals surface area contributed by atoms with E-state index in [0.29, 0.717) is 46.5 Å². The number of nitro groups is 6. The van der Waals surface area contributed by atoms with Crippen molar-refractivity contribution < 1.29 is 71.3 Å². The lowest BCUT2D eigenvalue weighted by Gasteiger charge is -2.34. The maximum Gasteiger partial charge on any atom is 0.410 e. The second-order valence-electron chi connectivity index (χ2n) is 25.5. The van der Waals surface area contributed by atoms with E-state index < -0.39 is 68.2 Å². The Morgan fingerprint density at radius 1 is 0.589 bits per heavy atom. The van der Waals surface area contributed by atoms with Crippen LogP contribution in [0.3, 0.4) is 0 Å². The van der Waals surface area contributed by atoms with Gasteiger partial charge in [-0.3, -0.25) is 70.3 Å². The van der Waals surface area contributed by atoms with Crippen LogP contribution in [0.25, 0.3) is 6.08 Å². The lowest BCUT2D eigenvalue weighted by Crippen LogP contribution is -2.47. The van der Waals surface area contributed by atoms with Gasteiger partial charge in [0.05, 0.1) is 54.2 Å². The van der Waals surface area contributed by atoms with Crippen molar-refractivity contribution in [2.45, 2.75) is 79.0 Å². The van der Waals surface area contributed by atoms with Crippen LogP contribution in [-0.4, -0.2) is 171 Å². The van der Waals surface area contributed by atoms with Gasteiger partial charge in [-0.2, -0.15) is 23.5 Å². The summed E-state index contributed by atoms with van der Waals surface area (Å²) >= 11 is 6.39. The molecule has 0 radical (unpaired) electrons. The van der Waals surface area contributed by atoms with E-state index in [1.165, 1.54) is 84.3 Å². The van der Waals surface area contributed by atoms with Gasteiger partial charge in [0.1, 0.15) is 16.5 Å². The summed E-state index contributed by atoms with van der Waals surface area (Å²) in [6.45, 7) is 14.9. The summed E-state index contributed by atoms with van der Waals surface area (Å²) < 4.78 is 39.9. The van der Waals surface area contributed by atoms with E-state index in [1.807, 2.05) is 80.7 Å². The number of ether oxygens (including phenoxy) is 3. The number of rotatable bonds is 16. The molecule has 0 aromatic heterocycles. The van der Waals surface area contributed by atoms with Crippen LogP contribution in [0.1, 0.15) is 101 Å². The van der Waals surface area contributed by atoms with Crippen LogP contribution in [0.5, 0.6) is 0 Å². The number of methoxy groups -OCH3 is 1. The van der Waals surface area contributed by atoms with E-state index in [1.54, 1.807) is 86.0 Å². The Morgan fingerprint density at radius 3 is 1.44 bits per heavy atom. The molecule has 6 aromatic rings. The Kier molecular flexibility index (Phi) is 34.6. The van der Waals surface area contributed by atoms with E-state index in [0.717, 1.165) is 65.9 Å². The van der Waals surface area contributed by atoms with Crippen molar-refractivity contribution in [3.8, 4) is 0 Å². The van der Waals surface area contributed by atoms with Gasteiger partial charge in [0.2, 0.25) is 18.7 Å². The number of sulfone groups is 1. The second-order valence-corrected chi connectivity index (χ2v) is 32.8. The van der Waals surface area contributed by atoms with Gasteiger partial charge in [0.15, 0.2) is 9.84 Å². The minimum absolute atomic E-state index is 0.0218. The molecule has 5 atom stereocenters. The molecule has 4 heterocycles. The number of thioether (sulfide) groups is 4. The number of benzene rings is 6. The number of anilines is 2. The summed E-state index contributed by atoms with van der Waals surface area (Å²) in [5.41, 5.74) is 16.9. The number of hydrogen-bond donors (Lipinski definition) is 4. The third-order valence-corrected chi connectivity index (χ3v) is 22.2. The lowest BCUT2D eigenvalue weighted by atomic mass is 10.1. The molecule has 4 saturated heterocycles. The number of nitro benzene ring substituents is 4. The minimum atomic E-state index is -3.29. The highest BCUT2D eigenvalue weighted by Gasteiger charge is 2.38. The van der Waals surface area contributed by atoms with Crippen molar-refractivity contribution in [2.75, 3.05) is 99.7 Å². The maximum absolute atomic E-state index is 12.3. The van der Waals surface area contributed by atoms with Gasteiger partial charge in [-0.15, -0.1) is 23.5 Å². The number of nitrogens with one attached hydrogen (secondary N) is 2. The molecule has 0 bridgehead atoms. The minimum Gasteiger partial charge on any atom is -0.468 e. The highest BCUT2D eigenvalue weighted by atomic mass is 32.2. The predicted octanol–water partition coefficient (Wildman–Crippen LogP) is 12.4. The normalized spacial score (nSPS) is 17.6. The van der Waals surface area contributed by atoms with E-state index in [2.05, 4.69) is 15.4 Å². The molecule has 107 heavy (non-hydrogen) atoms. The zero-order chi connectivity index (χ0) is 79.2. The fraction of sp³-hybridized carbons (Fsp3) is 0.391. The van der Waals surface area contributed by atoms with Crippen LogP contribution >= 0.6 is 47.0 Å². The van der Waals surface area contributed by atoms with Crippen molar-refractivity contribution in [3.05, 3.63) is 246 Å². The summed E-state index contributed by atoms with van der Waals surface area (Å²) in [6.07, 6.45) is 1.34. The number of esters is 1. The van der Waals surface area contributed by atoms with Crippen molar-refractivity contribution >= 4 is 121 Å². The number of hydrogen-bond acceptors (Lipinski definition) is 28. The number of nitrogens with two attached hydrogens (primary N) is 2. The highest BCUT2D eigenvalue weighted by Crippen LogP contribution is 2.37. The van der Waals surface area contributed by atoms with E-state index >= 15 is 0 Å². The van der Waals surface area contributed by atoms with Gasteiger partial charge in [-0.1, -0.05) is 60.7 Å². The molecule has 6 aromatic carbocycles. The summed E-state index contributed by atoms with van der Waals surface area (Å²) in [6, 6.07) is 38.8. The first kappa shape index (κ1) is 87.5. The molecule has 576 valence electrons. The summed E-state index contributed by atoms with van der Waals surface area (Å²) in [5, 5.41) is 68.0.